The molecular weight excluding hydrogens is 440 g/mol. The van der Waals surface area contributed by atoms with Gasteiger partial charge in [-0.25, -0.2) is 15.0 Å². The number of halogens is 1. The highest BCUT2D eigenvalue weighted by Gasteiger charge is 2.17. The maximum absolute atomic E-state index is 6.11. The first kappa shape index (κ1) is 20.9. The minimum atomic E-state index is 0.182. The highest BCUT2D eigenvalue weighted by atomic mass is 35.5. The van der Waals surface area contributed by atoms with Crippen LogP contribution in [0.4, 0.5) is 5.82 Å². The Bertz CT molecular complexity index is 1420. The molecule has 0 saturated carbocycles. The molecule has 0 aliphatic carbocycles. The number of hydrogen-bond donors (Lipinski definition) is 2. The number of aromatic nitrogens is 4. The van der Waals surface area contributed by atoms with E-state index in [4.69, 9.17) is 21.6 Å². The summed E-state index contributed by atoms with van der Waals surface area (Å²) >= 11 is 7.71. The van der Waals surface area contributed by atoms with Crippen molar-refractivity contribution < 1.29 is 0 Å². The number of anilines is 1. The Labute approximate surface area is 195 Å². The van der Waals surface area contributed by atoms with E-state index >= 15 is 0 Å². The number of pyridine rings is 1. The summed E-state index contributed by atoms with van der Waals surface area (Å²) in [5.41, 5.74) is 6.18. The van der Waals surface area contributed by atoms with Gasteiger partial charge < -0.3 is 15.2 Å². The molecule has 162 valence electrons. The van der Waals surface area contributed by atoms with Crippen LogP contribution in [0.5, 0.6) is 0 Å². The molecule has 0 aliphatic heterocycles. The van der Waals surface area contributed by atoms with Crippen molar-refractivity contribution in [1.29, 1.82) is 0 Å². The van der Waals surface area contributed by atoms with E-state index in [0.29, 0.717) is 0 Å². The van der Waals surface area contributed by atoms with E-state index in [-0.39, 0.29) is 6.04 Å². The molecule has 6 nitrogen and oxygen atoms in total. The molecular formula is C24H23ClN6S. The summed E-state index contributed by atoms with van der Waals surface area (Å²) < 4.78 is 2.00. The Morgan fingerprint density at radius 1 is 1.09 bits per heavy atom. The van der Waals surface area contributed by atoms with Crippen LogP contribution in [0.2, 0.25) is 5.02 Å². The Hall–Kier alpha value is -3.00. The Balaban J connectivity index is 1.46. The molecule has 0 fully saturated rings. The number of nitrogens with zero attached hydrogens (tertiary/aromatic N) is 4. The van der Waals surface area contributed by atoms with Gasteiger partial charge in [-0.15, -0.1) is 0 Å². The van der Waals surface area contributed by atoms with E-state index < -0.39 is 0 Å². The number of aryl methyl sites for hydroxylation is 1. The zero-order valence-corrected chi connectivity index (χ0v) is 19.6. The molecule has 1 unspecified atom stereocenters. The van der Waals surface area contributed by atoms with E-state index in [1.165, 1.54) is 11.1 Å². The summed E-state index contributed by atoms with van der Waals surface area (Å²) in [6.07, 6.45) is 1.81. The molecule has 0 amide bonds. The summed E-state index contributed by atoms with van der Waals surface area (Å²) in [5.74, 6) is 0.774. The third kappa shape index (κ3) is 3.83. The molecule has 0 aliphatic rings. The lowest BCUT2D eigenvalue weighted by molar-refractivity contribution is 0.575. The molecule has 0 bridgehead atoms. The quantitative estimate of drug-likeness (QED) is 0.334. The fourth-order valence-electron chi connectivity index (χ4n) is 3.85. The standard InChI is InChI=1S/C24H23ClN6S/c1-14(27-12-15-6-4-9-18(25)10-15)16-7-5-8-17(11-16)23-29-20-21-19(28-13-31(21)3)22(26-2)30-24(20)32-23/h4-11,13-14,27H,12H2,1-3H3,(H,26,30). The van der Waals surface area contributed by atoms with Crippen molar-refractivity contribution in [3.05, 3.63) is 71.0 Å². The average molecular weight is 463 g/mol. The highest BCUT2D eigenvalue weighted by molar-refractivity contribution is 7.21. The van der Waals surface area contributed by atoms with Crippen molar-refractivity contribution in [3.8, 4) is 10.6 Å². The lowest BCUT2D eigenvalue weighted by Crippen LogP contribution is -2.18. The summed E-state index contributed by atoms with van der Waals surface area (Å²) in [6, 6.07) is 16.6. The number of rotatable bonds is 6. The molecule has 32 heavy (non-hydrogen) atoms. The van der Waals surface area contributed by atoms with Crippen LogP contribution in [0.15, 0.2) is 54.9 Å². The molecule has 0 radical (unpaired) electrons. The van der Waals surface area contributed by atoms with Gasteiger partial charge in [0.1, 0.15) is 26.4 Å². The van der Waals surface area contributed by atoms with Gasteiger partial charge in [0.25, 0.3) is 0 Å². The van der Waals surface area contributed by atoms with E-state index in [2.05, 4.69) is 52.9 Å². The minimum absolute atomic E-state index is 0.182. The topological polar surface area (TPSA) is 67.7 Å². The van der Waals surface area contributed by atoms with Crippen LogP contribution in [0.25, 0.3) is 32.0 Å². The number of hydrogen-bond acceptors (Lipinski definition) is 6. The first-order valence-corrected chi connectivity index (χ1v) is 11.6. The average Bonchev–Trinajstić information content (AvgIpc) is 3.40. The molecule has 5 rings (SSSR count). The van der Waals surface area contributed by atoms with Gasteiger partial charge in [0, 0.05) is 37.3 Å². The van der Waals surface area contributed by atoms with Crippen LogP contribution in [-0.4, -0.2) is 26.6 Å². The summed E-state index contributed by atoms with van der Waals surface area (Å²) in [5, 5.41) is 8.45. The zero-order chi connectivity index (χ0) is 22.2. The zero-order valence-electron chi connectivity index (χ0n) is 18.1. The van der Waals surface area contributed by atoms with Crippen LogP contribution in [0, 0.1) is 0 Å². The van der Waals surface area contributed by atoms with E-state index in [9.17, 15) is 0 Å². The molecule has 1 atom stereocenters. The van der Waals surface area contributed by atoms with Crippen LogP contribution >= 0.6 is 22.9 Å². The maximum atomic E-state index is 6.11. The van der Waals surface area contributed by atoms with Crippen LogP contribution in [-0.2, 0) is 13.6 Å². The number of thiazole rings is 1. The second-order valence-corrected chi connectivity index (χ2v) is 9.21. The van der Waals surface area contributed by atoms with Gasteiger partial charge in [0.15, 0.2) is 5.82 Å². The molecule has 3 aromatic heterocycles. The third-order valence-corrected chi connectivity index (χ3v) is 6.81. The fourth-order valence-corrected chi connectivity index (χ4v) is 5.01. The number of fused-ring (bicyclic) bond motifs is 3. The van der Waals surface area contributed by atoms with Gasteiger partial charge in [-0.05, 0) is 36.2 Å². The van der Waals surface area contributed by atoms with Gasteiger partial charge in [-0.1, -0.05) is 53.3 Å². The van der Waals surface area contributed by atoms with Gasteiger partial charge in [0.2, 0.25) is 0 Å². The van der Waals surface area contributed by atoms with Crippen molar-refractivity contribution in [2.75, 3.05) is 12.4 Å². The summed E-state index contributed by atoms with van der Waals surface area (Å²) in [7, 11) is 3.85. The number of imidazole rings is 1. The molecule has 3 heterocycles. The largest absolute Gasteiger partial charge is 0.371 e. The smallest absolute Gasteiger partial charge is 0.155 e. The normalized spacial score (nSPS) is 12.5. The maximum Gasteiger partial charge on any atom is 0.155 e. The number of benzene rings is 2. The SMILES string of the molecule is CNc1nc2sc(-c3cccc(C(C)NCc4cccc(Cl)c4)c3)nc2c2c1ncn2C. The van der Waals surface area contributed by atoms with E-state index in [1.54, 1.807) is 17.7 Å². The third-order valence-electron chi connectivity index (χ3n) is 5.58. The lowest BCUT2D eigenvalue weighted by Gasteiger charge is -2.15. The van der Waals surface area contributed by atoms with Crippen molar-refractivity contribution >= 4 is 50.1 Å². The van der Waals surface area contributed by atoms with Gasteiger partial charge in [-0.2, -0.15) is 0 Å². The Kier molecular flexibility index (Phi) is 5.55. The first-order chi connectivity index (χ1) is 15.5. The second-order valence-electron chi connectivity index (χ2n) is 7.79. The Morgan fingerprint density at radius 3 is 2.75 bits per heavy atom. The number of nitrogens with one attached hydrogen (secondary N) is 2. The second kappa shape index (κ2) is 8.50. The van der Waals surface area contributed by atoms with Crippen molar-refractivity contribution in [1.82, 2.24) is 24.8 Å². The lowest BCUT2D eigenvalue weighted by atomic mass is 10.0. The molecule has 2 N–H and O–H groups in total. The highest BCUT2D eigenvalue weighted by Crippen LogP contribution is 2.35. The minimum Gasteiger partial charge on any atom is -0.371 e. The molecule has 0 spiro atoms. The van der Waals surface area contributed by atoms with Gasteiger partial charge in [0.05, 0.1) is 6.33 Å². The van der Waals surface area contributed by atoms with Gasteiger partial charge in [-0.3, -0.25) is 0 Å². The van der Waals surface area contributed by atoms with Crippen LogP contribution < -0.4 is 10.6 Å². The van der Waals surface area contributed by atoms with E-state index in [1.807, 2.05) is 36.9 Å². The van der Waals surface area contributed by atoms with Gasteiger partial charge >= 0.3 is 0 Å². The van der Waals surface area contributed by atoms with Crippen LogP contribution in [0.3, 0.4) is 0 Å². The summed E-state index contributed by atoms with van der Waals surface area (Å²) in [4.78, 5) is 15.1. The first-order valence-electron chi connectivity index (χ1n) is 10.4. The molecule has 8 heteroatoms. The molecule has 5 aromatic rings. The van der Waals surface area contributed by atoms with Crippen molar-refractivity contribution in [3.63, 3.8) is 0 Å². The predicted octanol–water partition coefficient (Wildman–Crippen LogP) is 5.79. The van der Waals surface area contributed by atoms with Crippen molar-refractivity contribution in [2.45, 2.75) is 19.5 Å². The summed E-state index contributed by atoms with van der Waals surface area (Å²) in [6.45, 7) is 2.92. The monoisotopic (exact) mass is 462 g/mol. The molecule has 2 aromatic carbocycles. The Morgan fingerprint density at radius 2 is 1.94 bits per heavy atom. The van der Waals surface area contributed by atoms with E-state index in [0.717, 1.165) is 49.3 Å². The fraction of sp³-hybridized carbons (Fsp3) is 0.208. The van der Waals surface area contributed by atoms with Crippen molar-refractivity contribution in [2.24, 2.45) is 7.05 Å². The predicted molar refractivity (Wildman–Crippen MR) is 133 cm³/mol. The van der Waals surface area contributed by atoms with Crippen LogP contribution in [0.1, 0.15) is 24.1 Å². The molecule has 0 saturated heterocycles.